The molecule has 11 nitrogen and oxygen atoms in total. The van der Waals surface area contributed by atoms with E-state index in [4.69, 9.17) is 11.5 Å². The van der Waals surface area contributed by atoms with Gasteiger partial charge in [-0.25, -0.2) is 4.98 Å². The second-order valence-corrected chi connectivity index (χ2v) is 6.96. The molecule has 0 aliphatic heterocycles. The van der Waals surface area contributed by atoms with Crippen LogP contribution in [0.5, 0.6) is 0 Å². The van der Waals surface area contributed by atoms with Crippen LogP contribution < -0.4 is 22.1 Å². The lowest BCUT2D eigenvalue weighted by Gasteiger charge is -2.29. The molecule has 2 aromatic heterocycles. The SMILES string of the molecule is NC(=O)c1cnc(N[C@@H]2CCCC[C@@H]2N)nc1Nc1cccc(-c2nn[nH]n2)c1. The summed E-state index contributed by atoms with van der Waals surface area (Å²) in [7, 11) is 0. The van der Waals surface area contributed by atoms with Crippen LogP contribution in [0.2, 0.25) is 0 Å². The molecule has 0 bridgehead atoms. The Kier molecular flexibility index (Phi) is 5.29. The highest BCUT2D eigenvalue weighted by molar-refractivity contribution is 5.98. The average molecular weight is 394 g/mol. The largest absolute Gasteiger partial charge is 0.365 e. The molecule has 7 N–H and O–H groups in total. The first-order valence-electron chi connectivity index (χ1n) is 9.40. The monoisotopic (exact) mass is 394 g/mol. The number of aromatic nitrogens is 6. The number of anilines is 3. The van der Waals surface area contributed by atoms with Crippen LogP contribution in [0.3, 0.4) is 0 Å². The maximum Gasteiger partial charge on any atom is 0.254 e. The van der Waals surface area contributed by atoms with Gasteiger partial charge in [-0.1, -0.05) is 25.0 Å². The predicted octanol–water partition coefficient (Wildman–Crippen LogP) is 1.18. The Morgan fingerprint density at radius 2 is 2.10 bits per heavy atom. The Balaban J connectivity index is 1.60. The zero-order valence-corrected chi connectivity index (χ0v) is 15.7. The number of nitrogens with one attached hydrogen (secondary N) is 3. The van der Waals surface area contributed by atoms with Crippen molar-refractivity contribution in [3.63, 3.8) is 0 Å². The van der Waals surface area contributed by atoms with Gasteiger partial charge >= 0.3 is 0 Å². The molecule has 1 aliphatic rings. The van der Waals surface area contributed by atoms with Crippen molar-refractivity contribution in [2.75, 3.05) is 10.6 Å². The van der Waals surface area contributed by atoms with Crippen molar-refractivity contribution in [1.82, 2.24) is 30.6 Å². The summed E-state index contributed by atoms with van der Waals surface area (Å²) in [4.78, 5) is 20.6. The van der Waals surface area contributed by atoms with E-state index in [1.807, 2.05) is 24.3 Å². The lowest BCUT2D eigenvalue weighted by atomic mass is 9.91. The number of benzene rings is 1. The van der Waals surface area contributed by atoms with Crippen molar-refractivity contribution >= 4 is 23.4 Å². The van der Waals surface area contributed by atoms with Gasteiger partial charge in [-0.15, -0.1) is 10.2 Å². The van der Waals surface area contributed by atoms with Gasteiger partial charge in [-0.05, 0) is 30.2 Å². The number of tetrazole rings is 1. The van der Waals surface area contributed by atoms with Gasteiger partial charge in [0.1, 0.15) is 11.4 Å². The molecule has 1 amide bonds. The quantitative estimate of drug-likeness (QED) is 0.411. The second kappa shape index (κ2) is 8.19. The van der Waals surface area contributed by atoms with Crippen LogP contribution in [-0.2, 0) is 0 Å². The van der Waals surface area contributed by atoms with Crippen LogP contribution in [0.4, 0.5) is 17.5 Å². The lowest BCUT2D eigenvalue weighted by molar-refractivity contribution is 0.100. The minimum atomic E-state index is -0.622. The predicted molar refractivity (Wildman–Crippen MR) is 107 cm³/mol. The Labute approximate surface area is 166 Å². The van der Waals surface area contributed by atoms with Gasteiger partial charge in [0.25, 0.3) is 5.91 Å². The molecule has 11 heteroatoms. The number of carbonyl (C=O) groups excluding carboxylic acids is 1. The van der Waals surface area contributed by atoms with E-state index < -0.39 is 5.91 Å². The molecule has 1 fully saturated rings. The average Bonchev–Trinajstić information content (AvgIpc) is 3.25. The molecular weight excluding hydrogens is 372 g/mol. The number of nitrogens with zero attached hydrogens (tertiary/aromatic N) is 5. The van der Waals surface area contributed by atoms with Gasteiger partial charge in [0.2, 0.25) is 11.8 Å². The fourth-order valence-electron chi connectivity index (χ4n) is 3.39. The van der Waals surface area contributed by atoms with Crippen LogP contribution in [0.15, 0.2) is 30.5 Å². The summed E-state index contributed by atoms with van der Waals surface area (Å²) in [5.41, 5.74) is 13.3. The fraction of sp³-hybridized carbons (Fsp3) is 0.333. The number of rotatable bonds is 6. The number of amides is 1. The molecular formula is C18H22N10O. The summed E-state index contributed by atoms with van der Waals surface area (Å²) in [5, 5.41) is 20.3. The van der Waals surface area contributed by atoms with Crippen LogP contribution in [-0.4, -0.2) is 48.6 Å². The summed E-state index contributed by atoms with van der Waals surface area (Å²) in [5.74, 6) is 0.543. The Bertz CT molecular complexity index is 990. The number of primary amides is 1. The zero-order valence-electron chi connectivity index (χ0n) is 15.7. The second-order valence-electron chi connectivity index (χ2n) is 6.96. The fourth-order valence-corrected chi connectivity index (χ4v) is 3.39. The van der Waals surface area contributed by atoms with Gasteiger partial charge in [-0.2, -0.15) is 10.2 Å². The Morgan fingerprint density at radius 1 is 1.24 bits per heavy atom. The third-order valence-corrected chi connectivity index (χ3v) is 4.92. The summed E-state index contributed by atoms with van der Waals surface area (Å²) in [6.45, 7) is 0. The molecule has 2 atom stereocenters. The van der Waals surface area contributed by atoms with Crippen LogP contribution in [0.1, 0.15) is 36.0 Å². The summed E-state index contributed by atoms with van der Waals surface area (Å²) in [6.07, 6.45) is 5.57. The number of carbonyl (C=O) groups is 1. The van der Waals surface area contributed by atoms with Gasteiger partial charge in [-0.3, -0.25) is 4.79 Å². The molecule has 150 valence electrons. The molecule has 0 unspecified atom stereocenters. The van der Waals surface area contributed by atoms with Gasteiger partial charge in [0.15, 0.2) is 0 Å². The van der Waals surface area contributed by atoms with Crippen LogP contribution >= 0.6 is 0 Å². The first-order chi connectivity index (χ1) is 14.1. The van der Waals surface area contributed by atoms with E-state index in [2.05, 4.69) is 41.2 Å². The molecule has 1 aliphatic carbocycles. The van der Waals surface area contributed by atoms with E-state index in [9.17, 15) is 4.79 Å². The first-order valence-corrected chi connectivity index (χ1v) is 9.40. The van der Waals surface area contributed by atoms with Crippen molar-refractivity contribution < 1.29 is 4.79 Å². The molecule has 0 radical (unpaired) electrons. The van der Waals surface area contributed by atoms with E-state index in [1.165, 1.54) is 6.20 Å². The number of hydrogen-bond acceptors (Lipinski definition) is 9. The minimum Gasteiger partial charge on any atom is -0.365 e. The molecule has 2 heterocycles. The highest BCUT2D eigenvalue weighted by Gasteiger charge is 2.23. The molecule has 1 aromatic carbocycles. The first kappa shape index (κ1) is 18.7. The maximum atomic E-state index is 11.8. The maximum absolute atomic E-state index is 11.8. The number of H-pyrrole nitrogens is 1. The van der Waals surface area contributed by atoms with E-state index >= 15 is 0 Å². The number of aromatic amines is 1. The van der Waals surface area contributed by atoms with E-state index in [1.54, 1.807) is 0 Å². The smallest absolute Gasteiger partial charge is 0.254 e. The third kappa shape index (κ3) is 4.29. The van der Waals surface area contributed by atoms with Crippen molar-refractivity contribution in [3.8, 4) is 11.4 Å². The zero-order chi connectivity index (χ0) is 20.2. The van der Waals surface area contributed by atoms with E-state index in [-0.39, 0.29) is 17.6 Å². The van der Waals surface area contributed by atoms with Crippen molar-refractivity contribution in [2.24, 2.45) is 11.5 Å². The number of hydrogen-bond donors (Lipinski definition) is 5. The van der Waals surface area contributed by atoms with E-state index in [0.717, 1.165) is 31.2 Å². The standard InChI is InChI=1S/C18H22N10O/c19-13-6-1-2-7-14(13)23-18-21-9-12(15(20)29)17(24-18)22-11-5-3-4-10(8-11)16-25-27-28-26-16/h3-5,8-9,13-14H,1-2,6-7,19H2,(H2,20,29)(H2,21,22,23,24)(H,25,26,27,28)/t13-,14+/m0/s1. The van der Waals surface area contributed by atoms with E-state index in [0.29, 0.717) is 23.3 Å². The number of nitrogens with two attached hydrogens (primary N) is 2. The summed E-state index contributed by atoms with van der Waals surface area (Å²) >= 11 is 0. The highest BCUT2D eigenvalue weighted by Crippen LogP contribution is 2.25. The van der Waals surface area contributed by atoms with Gasteiger partial charge in [0, 0.05) is 29.5 Å². The lowest BCUT2D eigenvalue weighted by Crippen LogP contribution is -2.43. The Hall–Kier alpha value is -3.60. The molecule has 29 heavy (non-hydrogen) atoms. The topological polar surface area (TPSA) is 173 Å². The molecule has 3 aromatic rings. The van der Waals surface area contributed by atoms with Gasteiger partial charge in [0.05, 0.1) is 0 Å². The normalized spacial score (nSPS) is 18.9. The van der Waals surface area contributed by atoms with Crippen LogP contribution in [0, 0.1) is 0 Å². The summed E-state index contributed by atoms with van der Waals surface area (Å²) < 4.78 is 0. The van der Waals surface area contributed by atoms with Crippen molar-refractivity contribution in [2.45, 2.75) is 37.8 Å². The van der Waals surface area contributed by atoms with Crippen LogP contribution in [0.25, 0.3) is 11.4 Å². The highest BCUT2D eigenvalue weighted by atomic mass is 16.1. The van der Waals surface area contributed by atoms with Crippen molar-refractivity contribution in [1.29, 1.82) is 0 Å². The van der Waals surface area contributed by atoms with Gasteiger partial charge < -0.3 is 22.1 Å². The Morgan fingerprint density at radius 3 is 2.86 bits per heavy atom. The molecule has 0 saturated heterocycles. The molecule has 4 rings (SSSR count). The van der Waals surface area contributed by atoms with Crippen molar-refractivity contribution in [3.05, 3.63) is 36.0 Å². The third-order valence-electron chi connectivity index (χ3n) is 4.92. The molecule has 1 saturated carbocycles. The summed E-state index contributed by atoms with van der Waals surface area (Å²) in [6, 6.07) is 7.48. The molecule has 0 spiro atoms. The minimum absolute atomic E-state index is 0.0474.